The van der Waals surface area contributed by atoms with E-state index in [1.165, 1.54) is 31.1 Å². The number of nitrogens with one attached hydrogen (secondary N) is 1. The van der Waals surface area contributed by atoms with Gasteiger partial charge in [-0.05, 0) is 19.8 Å². The van der Waals surface area contributed by atoms with Crippen molar-refractivity contribution < 1.29 is 14.3 Å². The molecule has 0 spiro atoms. The van der Waals surface area contributed by atoms with Gasteiger partial charge in [0.15, 0.2) is 11.5 Å². The van der Waals surface area contributed by atoms with Crippen LogP contribution in [-0.4, -0.2) is 29.4 Å². The van der Waals surface area contributed by atoms with Crippen molar-refractivity contribution in [2.24, 2.45) is 0 Å². The zero-order valence-electron chi connectivity index (χ0n) is 10.5. The Morgan fingerprint density at radius 3 is 2.78 bits per heavy atom. The summed E-state index contributed by atoms with van der Waals surface area (Å²) in [5.74, 6) is -0.662. The molecule has 6 heteroatoms. The summed E-state index contributed by atoms with van der Waals surface area (Å²) in [6.07, 6.45) is 2.38. The van der Waals surface area contributed by atoms with E-state index >= 15 is 0 Å². The summed E-state index contributed by atoms with van der Waals surface area (Å²) in [4.78, 5) is 27.8. The van der Waals surface area contributed by atoms with Crippen LogP contribution in [0.2, 0.25) is 0 Å². The number of thiazole rings is 1. The molecule has 0 aliphatic heterocycles. The highest BCUT2D eigenvalue weighted by Crippen LogP contribution is 2.23. The SMILES string of the molecule is CCOC(=O)c1nc(CNC2CC2)sc1C(C)=O. The van der Waals surface area contributed by atoms with Crippen LogP contribution in [0.4, 0.5) is 0 Å². The van der Waals surface area contributed by atoms with Crippen molar-refractivity contribution >= 4 is 23.1 Å². The summed E-state index contributed by atoms with van der Waals surface area (Å²) < 4.78 is 4.90. The smallest absolute Gasteiger partial charge is 0.358 e. The largest absolute Gasteiger partial charge is 0.461 e. The molecule has 0 radical (unpaired) electrons. The van der Waals surface area contributed by atoms with Crippen LogP contribution >= 0.6 is 11.3 Å². The van der Waals surface area contributed by atoms with E-state index in [9.17, 15) is 9.59 Å². The first-order valence-electron chi connectivity index (χ1n) is 6.03. The Balaban J connectivity index is 2.14. The van der Waals surface area contributed by atoms with Gasteiger partial charge in [0, 0.05) is 19.5 Å². The molecule has 0 bridgehead atoms. The van der Waals surface area contributed by atoms with Crippen molar-refractivity contribution in [3.05, 3.63) is 15.6 Å². The predicted octanol–water partition coefficient (Wildman–Crippen LogP) is 1.77. The predicted molar refractivity (Wildman–Crippen MR) is 67.9 cm³/mol. The molecule has 1 aliphatic rings. The maximum Gasteiger partial charge on any atom is 0.358 e. The number of hydrogen-bond donors (Lipinski definition) is 1. The number of ketones is 1. The van der Waals surface area contributed by atoms with Gasteiger partial charge in [0.2, 0.25) is 0 Å². The Hall–Kier alpha value is -1.27. The second-order valence-corrected chi connectivity index (χ2v) is 5.30. The minimum atomic E-state index is -0.517. The molecule has 1 saturated carbocycles. The number of esters is 1. The summed E-state index contributed by atoms with van der Waals surface area (Å²) in [6.45, 7) is 4.06. The van der Waals surface area contributed by atoms with Gasteiger partial charge in [0.05, 0.1) is 6.61 Å². The molecule has 1 aliphatic carbocycles. The molecule has 0 amide bonds. The van der Waals surface area contributed by atoms with E-state index in [1.807, 2.05) is 0 Å². The molecule has 1 N–H and O–H groups in total. The Morgan fingerprint density at radius 1 is 1.50 bits per heavy atom. The Bertz CT molecular complexity index is 466. The molecule has 5 nitrogen and oxygen atoms in total. The van der Waals surface area contributed by atoms with Gasteiger partial charge >= 0.3 is 5.97 Å². The second kappa shape index (κ2) is 5.58. The third kappa shape index (κ3) is 3.14. The van der Waals surface area contributed by atoms with E-state index in [0.717, 1.165) is 5.01 Å². The molecule has 1 aromatic rings. The van der Waals surface area contributed by atoms with E-state index in [4.69, 9.17) is 4.74 Å². The van der Waals surface area contributed by atoms with E-state index in [2.05, 4.69) is 10.3 Å². The number of ether oxygens (including phenoxy) is 1. The minimum absolute atomic E-state index is 0.145. The quantitative estimate of drug-likeness (QED) is 0.629. The van der Waals surface area contributed by atoms with Crippen molar-refractivity contribution in [2.75, 3.05) is 6.61 Å². The highest BCUT2D eigenvalue weighted by molar-refractivity contribution is 7.14. The fourth-order valence-electron chi connectivity index (χ4n) is 1.54. The Kier molecular flexibility index (Phi) is 4.08. The molecule has 0 aromatic carbocycles. The summed E-state index contributed by atoms with van der Waals surface area (Å²) in [6, 6.07) is 0.570. The van der Waals surface area contributed by atoms with E-state index in [1.54, 1.807) is 6.92 Å². The van der Waals surface area contributed by atoms with Crippen LogP contribution in [0.3, 0.4) is 0 Å². The Morgan fingerprint density at radius 2 is 2.22 bits per heavy atom. The fourth-order valence-corrected chi connectivity index (χ4v) is 2.43. The second-order valence-electron chi connectivity index (χ2n) is 4.22. The van der Waals surface area contributed by atoms with Crippen LogP contribution in [0.15, 0.2) is 0 Å². The summed E-state index contributed by atoms with van der Waals surface area (Å²) in [5.41, 5.74) is 0.155. The van der Waals surface area contributed by atoms with Crippen LogP contribution in [0.25, 0.3) is 0 Å². The normalized spacial score (nSPS) is 14.6. The number of carbonyl (C=O) groups excluding carboxylic acids is 2. The van der Waals surface area contributed by atoms with Crippen molar-refractivity contribution in [1.82, 2.24) is 10.3 Å². The average molecular weight is 268 g/mol. The topological polar surface area (TPSA) is 68.3 Å². The number of nitrogens with zero attached hydrogens (tertiary/aromatic N) is 1. The lowest BCUT2D eigenvalue weighted by atomic mass is 10.3. The van der Waals surface area contributed by atoms with Crippen molar-refractivity contribution in [3.63, 3.8) is 0 Å². The molecule has 1 heterocycles. The van der Waals surface area contributed by atoms with Gasteiger partial charge in [-0.15, -0.1) is 11.3 Å². The molecule has 1 fully saturated rings. The lowest BCUT2D eigenvalue weighted by Gasteiger charge is -1.99. The van der Waals surface area contributed by atoms with Gasteiger partial charge in [0.1, 0.15) is 9.88 Å². The third-order valence-corrected chi connectivity index (χ3v) is 3.74. The van der Waals surface area contributed by atoms with Gasteiger partial charge in [-0.3, -0.25) is 4.79 Å². The molecular weight excluding hydrogens is 252 g/mol. The van der Waals surface area contributed by atoms with E-state index in [-0.39, 0.29) is 18.1 Å². The zero-order chi connectivity index (χ0) is 13.1. The lowest BCUT2D eigenvalue weighted by Crippen LogP contribution is -2.15. The van der Waals surface area contributed by atoms with Crippen LogP contribution < -0.4 is 5.32 Å². The van der Waals surface area contributed by atoms with Crippen LogP contribution in [-0.2, 0) is 11.3 Å². The number of aromatic nitrogens is 1. The molecule has 98 valence electrons. The molecule has 0 saturated heterocycles. The molecule has 0 atom stereocenters. The Labute approximate surface area is 110 Å². The van der Waals surface area contributed by atoms with E-state index in [0.29, 0.717) is 17.5 Å². The molecule has 18 heavy (non-hydrogen) atoms. The monoisotopic (exact) mass is 268 g/mol. The standard InChI is InChI=1S/C12H16N2O3S/c1-3-17-12(16)10-11(7(2)15)18-9(14-10)6-13-8-4-5-8/h8,13H,3-6H2,1-2H3. The fraction of sp³-hybridized carbons (Fsp3) is 0.583. The average Bonchev–Trinajstić information content (AvgIpc) is 3.04. The van der Waals surface area contributed by atoms with Gasteiger partial charge in [-0.1, -0.05) is 0 Å². The maximum atomic E-state index is 11.7. The maximum absolute atomic E-state index is 11.7. The highest BCUT2D eigenvalue weighted by Gasteiger charge is 2.24. The minimum Gasteiger partial charge on any atom is -0.461 e. The highest BCUT2D eigenvalue weighted by atomic mass is 32.1. The third-order valence-electron chi connectivity index (χ3n) is 2.58. The molecular formula is C12H16N2O3S. The molecule has 0 unspecified atom stereocenters. The van der Waals surface area contributed by atoms with Crippen LogP contribution in [0, 0.1) is 0 Å². The summed E-state index contributed by atoms with van der Waals surface area (Å²) >= 11 is 1.27. The van der Waals surface area contributed by atoms with Crippen molar-refractivity contribution in [3.8, 4) is 0 Å². The molecule has 1 aromatic heterocycles. The zero-order valence-corrected chi connectivity index (χ0v) is 11.3. The number of rotatable bonds is 6. The summed E-state index contributed by atoms with van der Waals surface area (Å²) in [5, 5.41) is 4.07. The lowest BCUT2D eigenvalue weighted by molar-refractivity contribution is 0.0517. The first-order chi connectivity index (χ1) is 8.61. The van der Waals surface area contributed by atoms with Crippen LogP contribution in [0.1, 0.15) is 51.9 Å². The number of carbonyl (C=O) groups is 2. The van der Waals surface area contributed by atoms with Gasteiger partial charge in [-0.2, -0.15) is 0 Å². The van der Waals surface area contributed by atoms with Gasteiger partial charge in [-0.25, -0.2) is 9.78 Å². The van der Waals surface area contributed by atoms with E-state index < -0.39 is 5.97 Å². The van der Waals surface area contributed by atoms with Crippen molar-refractivity contribution in [2.45, 2.75) is 39.3 Å². The van der Waals surface area contributed by atoms with Gasteiger partial charge in [0.25, 0.3) is 0 Å². The summed E-state index contributed by atoms with van der Waals surface area (Å²) in [7, 11) is 0. The van der Waals surface area contributed by atoms with Gasteiger partial charge < -0.3 is 10.1 Å². The number of Topliss-reactive ketones (excluding diaryl/α,β-unsaturated/α-hetero) is 1. The van der Waals surface area contributed by atoms with Crippen molar-refractivity contribution in [1.29, 1.82) is 0 Å². The first-order valence-corrected chi connectivity index (χ1v) is 6.84. The first kappa shape index (κ1) is 13.2. The van der Waals surface area contributed by atoms with Crippen LogP contribution in [0.5, 0.6) is 0 Å². The number of hydrogen-bond acceptors (Lipinski definition) is 6. The molecule has 2 rings (SSSR count).